The predicted octanol–water partition coefficient (Wildman–Crippen LogP) is 2.65. The summed E-state index contributed by atoms with van der Waals surface area (Å²) < 4.78 is 16.6. The van der Waals surface area contributed by atoms with Crippen LogP contribution in [-0.4, -0.2) is 70.1 Å². The van der Waals surface area contributed by atoms with E-state index < -0.39 is 0 Å². The number of methoxy groups -OCH3 is 1. The molecule has 3 rings (SSSR count). The summed E-state index contributed by atoms with van der Waals surface area (Å²) in [6.07, 6.45) is 5.43. The van der Waals surface area contributed by atoms with Crippen molar-refractivity contribution in [3.8, 4) is 5.75 Å². The largest absolute Gasteiger partial charge is 0.493 e. The van der Waals surface area contributed by atoms with Gasteiger partial charge in [0.25, 0.3) is 0 Å². The van der Waals surface area contributed by atoms with Crippen LogP contribution in [0.3, 0.4) is 0 Å². The maximum Gasteiger partial charge on any atom is 0.193 e. The van der Waals surface area contributed by atoms with Crippen LogP contribution in [0.5, 0.6) is 5.75 Å². The van der Waals surface area contributed by atoms with Gasteiger partial charge in [-0.1, -0.05) is 12.1 Å². The molecule has 1 fully saturated rings. The summed E-state index contributed by atoms with van der Waals surface area (Å²) in [6.45, 7) is 8.19. The smallest absolute Gasteiger partial charge is 0.193 e. The van der Waals surface area contributed by atoms with Crippen LogP contribution in [0.4, 0.5) is 0 Å². The fourth-order valence-electron chi connectivity index (χ4n) is 3.80. The Bertz CT molecular complexity index is 627. The summed E-state index contributed by atoms with van der Waals surface area (Å²) in [6, 6.07) is 6.54. The number of nitrogens with zero attached hydrogens (tertiary/aromatic N) is 2. The first-order valence-corrected chi connectivity index (χ1v) is 10.7. The normalized spacial score (nSPS) is 17.5. The van der Waals surface area contributed by atoms with Crippen LogP contribution in [-0.2, 0) is 22.3 Å². The Morgan fingerprint density at radius 1 is 1.29 bits per heavy atom. The molecule has 0 unspecified atom stereocenters. The highest BCUT2D eigenvalue weighted by atomic mass is 16.5. The average molecular weight is 390 g/mol. The summed E-state index contributed by atoms with van der Waals surface area (Å²) >= 11 is 0. The van der Waals surface area contributed by atoms with Gasteiger partial charge in [0.2, 0.25) is 0 Å². The topological polar surface area (TPSA) is 55.3 Å². The molecule has 1 N–H and O–H groups in total. The highest BCUT2D eigenvalue weighted by Crippen LogP contribution is 2.26. The Hall–Kier alpha value is -1.79. The van der Waals surface area contributed by atoms with Gasteiger partial charge in [0.1, 0.15) is 5.75 Å². The second kappa shape index (κ2) is 11.3. The van der Waals surface area contributed by atoms with Gasteiger partial charge in [0.05, 0.1) is 12.7 Å². The van der Waals surface area contributed by atoms with E-state index in [1.165, 1.54) is 11.1 Å². The molecular formula is C22H35N3O3. The SMILES string of the molecule is CCNC(=NCCc1ccc2c(c1)CCO2)N1CCC(OCCCOC)CC1. The fourth-order valence-corrected chi connectivity index (χ4v) is 3.80. The van der Waals surface area contributed by atoms with Gasteiger partial charge in [-0.25, -0.2) is 0 Å². The molecule has 0 spiro atoms. The van der Waals surface area contributed by atoms with E-state index in [4.69, 9.17) is 19.2 Å². The molecule has 28 heavy (non-hydrogen) atoms. The van der Waals surface area contributed by atoms with E-state index in [2.05, 4.69) is 35.3 Å². The third-order valence-corrected chi connectivity index (χ3v) is 5.34. The van der Waals surface area contributed by atoms with Crippen LogP contribution in [0.1, 0.15) is 37.3 Å². The number of hydrogen-bond donors (Lipinski definition) is 1. The minimum absolute atomic E-state index is 0.365. The van der Waals surface area contributed by atoms with Crippen molar-refractivity contribution < 1.29 is 14.2 Å². The lowest BCUT2D eigenvalue weighted by Gasteiger charge is -2.34. The Kier molecular flexibility index (Phi) is 8.42. The van der Waals surface area contributed by atoms with Crippen molar-refractivity contribution in [1.29, 1.82) is 0 Å². The lowest BCUT2D eigenvalue weighted by Crippen LogP contribution is -2.47. The first-order chi connectivity index (χ1) is 13.8. The minimum Gasteiger partial charge on any atom is -0.493 e. The zero-order valence-electron chi connectivity index (χ0n) is 17.4. The molecule has 0 aliphatic carbocycles. The maximum absolute atomic E-state index is 5.97. The monoisotopic (exact) mass is 389 g/mol. The highest BCUT2D eigenvalue weighted by molar-refractivity contribution is 5.80. The van der Waals surface area contributed by atoms with Gasteiger partial charge in [0.15, 0.2) is 5.96 Å². The summed E-state index contributed by atoms with van der Waals surface area (Å²) in [4.78, 5) is 7.25. The highest BCUT2D eigenvalue weighted by Gasteiger charge is 2.21. The molecule has 6 heteroatoms. The van der Waals surface area contributed by atoms with Crippen molar-refractivity contribution in [3.05, 3.63) is 29.3 Å². The molecule has 0 atom stereocenters. The van der Waals surface area contributed by atoms with E-state index in [9.17, 15) is 0 Å². The molecule has 156 valence electrons. The fraction of sp³-hybridized carbons (Fsp3) is 0.682. The second-order valence-corrected chi connectivity index (χ2v) is 7.43. The first-order valence-electron chi connectivity index (χ1n) is 10.7. The van der Waals surface area contributed by atoms with Crippen molar-refractivity contribution in [1.82, 2.24) is 10.2 Å². The summed E-state index contributed by atoms with van der Waals surface area (Å²) in [5.74, 6) is 2.08. The average Bonchev–Trinajstić information content (AvgIpc) is 3.19. The second-order valence-electron chi connectivity index (χ2n) is 7.43. The molecule has 0 aromatic heterocycles. The summed E-state index contributed by atoms with van der Waals surface area (Å²) in [5.41, 5.74) is 2.67. The van der Waals surface area contributed by atoms with Crippen molar-refractivity contribution in [2.75, 3.05) is 53.1 Å². The molecule has 0 bridgehead atoms. The van der Waals surface area contributed by atoms with E-state index >= 15 is 0 Å². The lowest BCUT2D eigenvalue weighted by molar-refractivity contribution is 0.00991. The predicted molar refractivity (Wildman–Crippen MR) is 112 cm³/mol. The van der Waals surface area contributed by atoms with Crippen molar-refractivity contribution >= 4 is 5.96 Å². The zero-order chi connectivity index (χ0) is 19.6. The van der Waals surface area contributed by atoms with Crippen LogP contribution in [0.2, 0.25) is 0 Å². The van der Waals surface area contributed by atoms with E-state index in [1.54, 1.807) is 7.11 Å². The number of benzene rings is 1. The van der Waals surface area contributed by atoms with Crippen molar-refractivity contribution in [2.24, 2.45) is 4.99 Å². The van der Waals surface area contributed by atoms with Crippen LogP contribution >= 0.6 is 0 Å². The number of rotatable bonds is 9. The molecular weight excluding hydrogens is 354 g/mol. The number of hydrogen-bond acceptors (Lipinski definition) is 4. The summed E-state index contributed by atoms with van der Waals surface area (Å²) in [7, 11) is 1.73. The van der Waals surface area contributed by atoms with Crippen LogP contribution < -0.4 is 10.1 Å². The minimum atomic E-state index is 0.365. The maximum atomic E-state index is 5.97. The van der Waals surface area contributed by atoms with Gasteiger partial charge in [-0.3, -0.25) is 4.99 Å². The Labute approximate surface area is 169 Å². The molecule has 2 aliphatic heterocycles. The van der Waals surface area contributed by atoms with Gasteiger partial charge in [-0.05, 0) is 49.8 Å². The van der Waals surface area contributed by atoms with Crippen LogP contribution in [0.25, 0.3) is 0 Å². The Balaban J connectivity index is 1.45. The number of likely N-dealkylation sites (tertiary alicyclic amines) is 1. The zero-order valence-corrected chi connectivity index (χ0v) is 17.4. The number of guanidine groups is 1. The lowest BCUT2D eigenvalue weighted by atomic mass is 10.1. The van der Waals surface area contributed by atoms with E-state index in [0.29, 0.717) is 6.10 Å². The Morgan fingerprint density at radius 2 is 2.14 bits per heavy atom. The quantitative estimate of drug-likeness (QED) is 0.400. The van der Waals surface area contributed by atoms with E-state index in [0.717, 1.165) is 89.8 Å². The molecule has 2 heterocycles. The number of fused-ring (bicyclic) bond motifs is 1. The van der Waals surface area contributed by atoms with Crippen LogP contribution in [0, 0.1) is 0 Å². The molecule has 2 aliphatic rings. The van der Waals surface area contributed by atoms with Gasteiger partial charge in [0, 0.05) is 52.9 Å². The third-order valence-electron chi connectivity index (χ3n) is 5.34. The first kappa shape index (κ1) is 20.9. The van der Waals surface area contributed by atoms with Gasteiger partial charge in [-0.2, -0.15) is 0 Å². The molecule has 0 saturated carbocycles. The van der Waals surface area contributed by atoms with Crippen molar-refractivity contribution in [2.45, 2.75) is 45.1 Å². The molecule has 1 aromatic carbocycles. The molecule has 0 amide bonds. The number of ether oxygens (including phenoxy) is 3. The van der Waals surface area contributed by atoms with Crippen LogP contribution in [0.15, 0.2) is 23.2 Å². The summed E-state index contributed by atoms with van der Waals surface area (Å²) in [5, 5.41) is 3.45. The molecule has 6 nitrogen and oxygen atoms in total. The van der Waals surface area contributed by atoms with E-state index in [-0.39, 0.29) is 0 Å². The standard InChI is InChI=1S/C22H35N3O3/c1-3-23-22(25-12-8-20(9-13-25)27-15-4-14-26-2)24-11-7-18-5-6-21-19(17-18)10-16-28-21/h5-6,17,20H,3-4,7-16H2,1-2H3,(H,23,24). The Morgan fingerprint density at radius 3 is 2.93 bits per heavy atom. The molecule has 0 radical (unpaired) electrons. The third kappa shape index (κ3) is 6.11. The number of nitrogens with one attached hydrogen (secondary N) is 1. The molecule has 1 saturated heterocycles. The van der Waals surface area contributed by atoms with Gasteiger partial charge < -0.3 is 24.4 Å². The number of aliphatic imine (C=N–C) groups is 1. The molecule has 1 aromatic rings. The van der Waals surface area contributed by atoms with E-state index in [1.807, 2.05) is 0 Å². The van der Waals surface area contributed by atoms with Gasteiger partial charge in [-0.15, -0.1) is 0 Å². The van der Waals surface area contributed by atoms with Gasteiger partial charge >= 0.3 is 0 Å². The van der Waals surface area contributed by atoms with Crippen molar-refractivity contribution in [3.63, 3.8) is 0 Å². The number of piperidine rings is 1.